The van der Waals surface area contributed by atoms with Gasteiger partial charge in [-0.3, -0.25) is 14.4 Å². The number of hydrogen-bond acceptors (Lipinski definition) is 5. The molecule has 0 heterocycles. The Morgan fingerprint density at radius 3 is 2.19 bits per heavy atom. The smallest absolute Gasteiger partial charge is 0.408 e. The molecule has 0 unspecified atom stereocenters. The lowest BCUT2D eigenvalue weighted by Crippen LogP contribution is -2.37. The van der Waals surface area contributed by atoms with Crippen LogP contribution in [0.25, 0.3) is 0 Å². The highest BCUT2D eigenvalue weighted by Gasteiger charge is 2.16. The average molecular weight is 441 g/mol. The van der Waals surface area contributed by atoms with E-state index in [0.717, 1.165) is 5.56 Å². The predicted molar refractivity (Wildman–Crippen MR) is 121 cm³/mol. The fourth-order valence-corrected chi connectivity index (χ4v) is 2.60. The lowest BCUT2D eigenvalue weighted by molar-refractivity contribution is -0.115. The Balaban J connectivity index is 1.81. The maximum atomic E-state index is 12.4. The number of carbonyl (C=O) groups is 4. The van der Waals surface area contributed by atoms with Crippen LogP contribution in [0.4, 0.5) is 16.2 Å². The van der Waals surface area contributed by atoms with E-state index in [4.69, 9.17) is 4.74 Å². The van der Waals surface area contributed by atoms with E-state index in [1.165, 1.54) is 6.92 Å². The molecule has 170 valence electrons. The first kappa shape index (κ1) is 24.4. The van der Waals surface area contributed by atoms with Gasteiger partial charge in [0.1, 0.15) is 12.1 Å². The van der Waals surface area contributed by atoms with E-state index >= 15 is 0 Å². The van der Waals surface area contributed by atoms with Crippen LogP contribution >= 0.6 is 0 Å². The topological polar surface area (TPSA) is 126 Å². The highest BCUT2D eigenvalue weighted by molar-refractivity contribution is 5.97. The summed E-state index contributed by atoms with van der Waals surface area (Å²) in [5.41, 5.74) is 1.73. The van der Waals surface area contributed by atoms with Gasteiger partial charge in [-0.05, 0) is 56.7 Å². The Kier molecular flexibility index (Phi) is 8.34. The molecule has 4 amide bonds. The van der Waals surface area contributed by atoms with Gasteiger partial charge in [-0.2, -0.15) is 0 Å². The number of benzene rings is 2. The SMILES string of the molecule is CC(=O)Nc1cccc(C(=O)NCc2ccc(NC(=O)CNC(=O)OC(C)(C)C)cc2)c1. The number of ether oxygens (including phenoxy) is 1. The van der Waals surface area contributed by atoms with Crippen LogP contribution < -0.4 is 21.3 Å². The van der Waals surface area contributed by atoms with Gasteiger partial charge in [-0.15, -0.1) is 0 Å². The molecule has 0 aliphatic rings. The van der Waals surface area contributed by atoms with Gasteiger partial charge in [-0.25, -0.2) is 4.79 Å². The molecule has 0 saturated heterocycles. The number of carbonyl (C=O) groups excluding carboxylic acids is 4. The maximum absolute atomic E-state index is 12.4. The molecule has 0 spiro atoms. The molecule has 2 aromatic carbocycles. The van der Waals surface area contributed by atoms with E-state index in [0.29, 0.717) is 16.9 Å². The number of alkyl carbamates (subject to hydrolysis) is 1. The van der Waals surface area contributed by atoms with Crippen LogP contribution in [0.15, 0.2) is 48.5 Å². The van der Waals surface area contributed by atoms with E-state index in [1.54, 1.807) is 69.3 Å². The zero-order chi connectivity index (χ0) is 23.7. The van der Waals surface area contributed by atoms with E-state index in [9.17, 15) is 19.2 Å². The minimum atomic E-state index is -0.665. The van der Waals surface area contributed by atoms with Crippen LogP contribution in [0.2, 0.25) is 0 Å². The summed E-state index contributed by atoms with van der Waals surface area (Å²) in [6, 6.07) is 13.6. The Morgan fingerprint density at radius 2 is 1.56 bits per heavy atom. The first-order valence-corrected chi connectivity index (χ1v) is 10.0. The van der Waals surface area contributed by atoms with Crippen molar-refractivity contribution in [3.63, 3.8) is 0 Å². The molecule has 4 N–H and O–H groups in total. The van der Waals surface area contributed by atoms with Crippen molar-refractivity contribution in [2.24, 2.45) is 0 Å². The van der Waals surface area contributed by atoms with Crippen LogP contribution in [0.3, 0.4) is 0 Å². The van der Waals surface area contributed by atoms with Gasteiger partial charge in [0.05, 0.1) is 0 Å². The van der Waals surface area contributed by atoms with Gasteiger partial charge in [0.25, 0.3) is 5.91 Å². The van der Waals surface area contributed by atoms with Gasteiger partial charge in [0, 0.05) is 30.4 Å². The van der Waals surface area contributed by atoms with Crippen molar-refractivity contribution >= 4 is 35.2 Å². The second kappa shape index (κ2) is 10.9. The molecule has 0 bridgehead atoms. The molecule has 0 aliphatic carbocycles. The van der Waals surface area contributed by atoms with Gasteiger partial charge >= 0.3 is 6.09 Å². The number of rotatable bonds is 7. The number of nitrogens with one attached hydrogen (secondary N) is 4. The normalized spacial score (nSPS) is 10.6. The molecule has 2 rings (SSSR count). The fraction of sp³-hybridized carbons (Fsp3) is 0.304. The Hall–Kier alpha value is -3.88. The molecule has 0 aliphatic heterocycles. The predicted octanol–water partition coefficient (Wildman–Crippen LogP) is 3.04. The summed E-state index contributed by atoms with van der Waals surface area (Å²) >= 11 is 0. The fourth-order valence-electron chi connectivity index (χ4n) is 2.60. The molecule has 0 aromatic heterocycles. The summed E-state index contributed by atoms with van der Waals surface area (Å²) in [7, 11) is 0. The van der Waals surface area contributed by atoms with Crippen molar-refractivity contribution in [1.82, 2.24) is 10.6 Å². The lowest BCUT2D eigenvalue weighted by Gasteiger charge is -2.19. The molecular weight excluding hydrogens is 412 g/mol. The summed E-state index contributed by atoms with van der Waals surface area (Å²) < 4.78 is 5.07. The maximum Gasteiger partial charge on any atom is 0.408 e. The minimum absolute atomic E-state index is 0.213. The van der Waals surface area contributed by atoms with Crippen molar-refractivity contribution < 1.29 is 23.9 Å². The first-order chi connectivity index (χ1) is 15.0. The van der Waals surface area contributed by atoms with E-state index in [-0.39, 0.29) is 24.9 Å². The van der Waals surface area contributed by atoms with Gasteiger partial charge in [-0.1, -0.05) is 18.2 Å². The second-order valence-electron chi connectivity index (χ2n) is 8.05. The monoisotopic (exact) mass is 440 g/mol. The summed E-state index contributed by atoms with van der Waals surface area (Å²) in [5, 5.41) is 10.5. The highest BCUT2D eigenvalue weighted by atomic mass is 16.6. The largest absolute Gasteiger partial charge is 0.444 e. The quantitative estimate of drug-likeness (QED) is 0.527. The van der Waals surface area contributed by atoms with E-state index in [1.807, 2.05) is 0 Å². The third-order valence-electron chi connectivity index (χ3n) is 3.93. The Bertz CT molecular complexity index is 981. The van der Waals surface area contributed by atoms with Gasteiger partial charge < -0.3 is 26.0 Å². The standard InChI is InChI=1S/C23H28N4O5/c1-15(28)26-19-7-5-6-17(12-19)21(30)24-13-16-8-10-18(11-9-16)27-20(29)14-25-22(31)32-23(2,3)4/h5-12H,13-14H2,1-4H3,(H,24,30)(H,25,31)(H,26,28)(H,27,29). The summed E-state index contributed by atoms with van der Waals surface area (Å²) in [6.07, 6.45) is -0.665. The average Bonchev–Trinajstić information content (AvgIpc) is 2.70. The van der Waals surface area contributed by atoms with Gasteiger partial charge in [0.2, 0.25) is 11.8 Å². The van der Waals surface area contributed by atoms with Crippen LogP contribution in [0.5, 0.6) is 0 Å². The molecular formula is C23H28N4O5. The summed E-state index contributed by atoms with van der Waals surface area (Å²) in [6.45, 7) is 6.68. The van der Waals surface area contributed by atoms with Crippen LogP contribution in [-0.2, 0) is 20.9 Å². The molecule has 0 radical (unpaired) electrons. The summed E-state index contributed by atoms with van der Waals surface area (Å²) in [5.74, 6) is -0.880. The number of anilines is 2. The molecule has 32 heavy (non-hydrogen) atoms. The molecule has 2 aromatic rings. The van der Waals surface area contributed by atoms with Gasteiger partial charge in [0.15, 0.2) is 0 Å². The van der Waals surface area contributed by atoms with Crippen molar-refractivity contribution in [1.29, 1.82) is 0 Å². The van der Waals surface area contributed by atoms with Crippen LogP contribution in [-0.4, -0.2) is 36.0 Å². The van der Waals surface area contributed by atoms with Crippen molar-refractivity contribution in [2.75, 3.05) is 17.2 Å². The second-order valence-corrected chi connectivity index (χ2v) is 8.05. The van der Waals surface area contributed by atoms with Crippen molar-refractivity contribution in [3.8, 4) is 0 Å². The zero-order valence-electron chi connectivity index (χ0n) is 18.6. The third kappa shape index (κ3) is 8.86. The zero-order valence-corrected chi connectivity index (χ0v) is 18.6. The van der Waals surface area contributed by atoms with Crippen molar-refractivity contribution in [2.45, 2.75) is 39.8 Å². The third-order valence-corrected chi connectivity index (χ3v) is 3.93. The minimum Gasteiger partial charge on any atom is -0.444 e. The lowest BCUT2D eigenvalue weighted by atomic mass is 10.1. The number of amides is 4. The number of hydrogen-bond donors (Lipinski definition) is 4. The molecule has 0 atom stereocenters. The first-order valence-electron chi connectivity index (χ1n) is 10.0. The Labute approximate surface area is 186 Å². The highest BCUT2D eigenvalue weighted by Crippen LogP contribution is 2.12. The Morgan fingerprint density at radius 1 is 0.875 bits per heavy atom. The van der Waals surface area contributed by atoms with E-state index in [2.05, 4.69) is 21.3 Å². The van der Waals surface area contributed by atoms with Crippen LogP contribution in [0.1, 0.15) is 43.6 Å². The molecule has 9 nitrogen and oxygen atoms in total. The van der Waals surface area contributed by atoms with Crippen molar-refractivity contribution in [3.05, 3.63) is 59.7 Å². The van der Waals surface area contributed by atoms with E-state index < -0.39 is 17.6 Å². The summed E-state index contributed by atoms with van der Waals surface area (Å²) in [4.78, 5) is 47.1. The molecule has 0 saturated carbocycles. The van der Waals surface area contributed by atoms with Crippen LogP contribution in [0, 0.1) is 0 Å². The molecule has 0 fully saturated rings. The molecule has 9 heteroatoms.